The van der Waals surface area contributed by atoms with Crippen LogP contribution in [0.15, 0.2) is 48.5 Å². The van der Waals surface area contributed by atoms with Crippen LogP contribution in [0.3, 0.4) is 0 Å². The molecule has 2 aromatic carbocycles. The molecule has 180 valence electrons. The number of ether oxygens (including phenoxy) is 2. The van der Waals surface area contributed by atoms with Crippen molar-refractivity contribution in [1.29, 1.82) is 0 Å². The van der Waals surface area contributed by atoms with Gasteiger partial charge in [-0.2, -0.15) is 0 Å². The molecule has 5 rings (SSSR count). The van der Waals surface area contributed by atoms with Crippen LogP contribution in [0.4, 0.5) is 8.78 Å². The minimum atomic E-state index is -1.21. The Morgan fingerprint density at radius 2 is 1.86 bits per heavy atom. The standard InChI is InChI=1S/C26H22F2N2O5/c1-34-21-13-15(5-6-16(21)27)30-20-8-7-17(28)25(31)23(20)22(24(30)14-9-11-35-12-10-14)18-3-2-4-19(29-18)26(32)33/h2-8,13-14,31H,9-12H2,1H3,(H,32,33). The number of rotatable bonds is 5. The highest BCUT2D eigenvalue weighted by Crippen LogP contribution is 2.46. The molecular weight excluding hydrogens is 458 g/mol. The van der Waals surface area contributed by atoms with Gasteiger partial charge in [0, 0.05) is 42.1 Å². The molecule has 0 saturated carbocycles. The Morgan fingerprint density at radius 3 is 2.57 bits per heavy atom. The van der Waals surface area contributed by atoms with Gasteiger partial charge in [0.1, 0.15) is 5.69 Å². The van der Waals surface area contributed by atoms with Gasteiger partial charge in [-0.25, -0.2) is 18.6 Å². The van der Waals surface area contributed by atoms with Crippen LogP contribution in [0.5, 0.6) is 11.5 Å². The van der Waals surface area contributed by atoms with E-state index in [1.54, 1.807) is 18.2 Å². The number of nitrogens with zero attached hydrogens (tertiary/aromatic N) is 2. The van der Waals surface area contributed by atoms with Crippen molar-refractivity contribution in [2.24, 2.45) is 0 Å². The summed E-state index contributed by atoms with van der Waals surface area (Å²) in [6, 6.07) is 11.6. The molecule has 2 aromatic heterocycles. The lowest BCUT2D eigenvalue weighted by Gasteiger charge is -2.25. The van der Waals surface area contributed by atoms with E-state index in [1.165, 1.54) is 31.4 Å². The lowest BCUT2D eigenvalue weighted by atomic mass is 9.91. The second-order valence-corrected chi connectivity index (χ2v) is 8.30. The molecule has 0 bridgehead atoms. The summed E-state index contributed by atoms with van der Waals surface area (Å²) in [6.45, 7) is 1.00. The minimum absolute atomic E-state index is 0.0289. The number of aromatic hydroxyl groups is 1. The predicted octanol–water partition coefficient (Wildman–Crippen LogP) is 5.28. The van der Waals surface area contributed by atoms with Crippen LogP contribution in [0, 0.1) is 11.6 Å². The summed E-state index contributed by atoms with van der Waals surface area (Å²) in [6.07, 6.45) is 1.28. The number of halogens is 2. The molecule has 35 heavy (non-hydrogen) atoms. The zero-order valence-corrected chi connectivity index (χ0v) is 18.8. The van der Waals surface area contributed by atoms with Gasteiger partial charge in [0.05, 0.1) is 23.7 Å². The number of phenols is 1. The van der Waals surface area contributed by atoms with Gasteiger partial charge in [-0.1, -0.05) is 6.07 Å². The molecule has 1 aliphatic rings. The molecule has 0 radical (unpaired) electrons. The zero-order valence-electron chi connectivity index (χ0n) is 18.8. The third-order valence-corrected chi connectivity index (χ3v) is 6.32. The number of carbonyl (C=O) groups is 1. The molecule has 3 heterocycles. The monoisotopic (exact) mass is 480 g/mol. The third-order valence-electron chi connectivity index (χ3n) is 6.32. The number of pyridine rings is 1. The van der Waals surface area contributed by atoms with Crippen molar-refractivity contribution in [1.82, 2.24) is 9.55 Å². The predicted molar refractivity (Wildman–Crippen MR) is 124 cm³/mol. The normalized spacial score (nSPS) is 14.4. The Bertz CT molecular complexity index is 1440. The summed E-state index contributed by atoms with van der Waals surface area (Å²) in [7, 11) is 1.36. The van der Waals surface area contributed by atoms with Gasteiger partial charge in [0.15, 0.2) is 23.1 Å². The quantitative estimate of drug-likeness (QED) is 0.404. The van der Waals surface area contributed by atoms with E-state index in [4.69, 9.17) is 9.47 Å². The fourth-order valence-electron chi connectivity index (χ4n) is 4.73. The molecule has 4 aromatic rings. The SMILES string of the molecule is COc1cc(-n2c(C3CCOCC3)c(-c3cccc(C(=O)O)n3)c3c(O)c(F)ccc32)ccc1F. The van der Waals surface area contributed by atoms with E-state index in [2.05, 4.69) is 4.98 Å². The van der Waals surface area contributed by atoms with Crippen LogP contribution in [0.1, 0.15) is 34.9 Å². The van der Waals surface area contributed by atoms with Gasteiger partial charge in [0.25, 0.3) is 0 Å². The minimum Gasteiger partial charge on any atom is -0.504 e. The number of hydrogen-bond donors (Lipinski definition) is 2. The van der Waals surface area contributed by atoms with Crippen LogP contribution in [0.2, 0.25) is 0 Å². The molecule has 9 heteroatoms. The number of hydrogen-bond acceptors (Lipinski definition) is 5. The Kier molecular flexibility index (Phi) is 5.86. The fourth-order valence-corrected chi connectivity index (χ4v) is 4.73. The van der Waals surface area contributed by atoms with Crippen molar-refractivity contribution in [3.8, 4) is 28.4 Å². The molecule has 7 nitrogen and oxygen atoms in total. The van der Waals surface area contributed by atoms with Crippen LogP contribution in [-0.2, 0) is 4.74 Å². The summed E-state index contributed by atoms with van der Waals surface area (Å²) in [5, 5.41) is 20.6. The second-order valence-electron chi connectivity index (χ2n) is 8.30. The summed E-state index contributed by atoms with van der Waals surface area (Å²) in [5.74, 6) is -3.19. The van der Waals surface area contributed by atoms with Crippen molar-refractivity contribution < 1.29 is 33.3 Å². The molecule has 0 atom stereocenters. The average Bonchev–Trinajstić information content (AvgIpc) is 3.23. The molecule has 2 N–H and O–H groups in total. The van der Waals surface area contributed by atoms with Crippen LogP contribution < -0.4 is 4.74 Å². The third kappa shape index (κ3) is 3.87. The average molecular weight is 480 g/mol. The summed E-state index contributed by atoms with van der Waals surface area (Å²) in [5.41, 5.74) is 2.24. The van der Waals surface area contributed by atoms with Gasteiger partial charge in [-0.05, 0) is 49.2 Å². The maximum absolute atomic E-state index is 14.6. The number of benzene rings is 2. The van der Waals surface area contributed by atoms with Crippen LogP contribution >= 0.6 is 0 Å². The summed E-state index contributed by atoms with van der Waals surface area (Å²) >= 11 is 0. The van der Waals surface area contributed by atoms with Gasteiger partial charge < -0.3 is 24.3 Å². The molecule has 1 fully saturated rings. The highest BCUT2D eigenvalue weighted by Gasteiger charge is 2.31. The highest BCUT2D eigenvalue weighted by molar-refractivity contribution is 6.03. The molecule has 0 spiro atoms. The van der Waals surface area contributed by atoms with E-state index >= 15 is 0 Å². The summed E-state index contributed by atoms with van der Waals surface area (Å²) in [4.78, 5) is 16.0. The fraction of sp³-hybridized carbons (Fsp3) is 0.231. The largest absolute Gasteiger partial charge is 0.504 e. The lowest BCUT2D eigenvalue weighted by Crippen LogP contribution is -2.17. The highest BCUT2D eigenvalue weighted by atomic mass is 19.1. The van der Waals surface area contributed by atoms with Gasteiger partial charge in [-0.15, -0.1) is 0 Å². The maximum Gasteiger partial charge on any atom is 0.354 e. The van der Waals surface area contributed by atoms with E-state index in [1.807, 2.05) is 4.57 Å². The Balaban J connectivity index is 1.92. The summed E-state index contributed by atoms with van der Waals surface area (Å²) < 4.78 is 41.5. The maximum atomic E-state index is 14.6. The van der Waals surface area contributed by atoms with Gasteiger partial charge in [-0.3, -0.25) is 0 Å². The number of carboxylic acid groups (broad SMARTS) is 1. The van der Waals surface area contributed by atoms with Crippen molar-refractivity contribution in [2.75, 3.05) is 20.3 Å². The first kappa shape index (κ1) is 22.8. The zero-order chi connectivity index (χ0) is 24.7. The first-order valence-corrected chi connectivity index (χ1v) is 11.1. The second kappa shape index (κ2) is 8.99. The van der Waals surface area contributed by atoms with E-state index in [0.717, 1.165) is 6.07 Å². The van der Waals surface area contributed by atoms with Crippen LogP contribution in [0.25, 0.3) is 27.8 Å². The van der Waals surface area contributed by atoms with E-state index in [0.29, 0.717) is 48.5 Å². The number of phenolic OH excluding ortho intramolecular Hbond substituents is 1. The van der Waals surface area contributed by atoms with Crippen molar-refractivity contribution in [2.45, 2.75) is 18.8 Å². The van der Waals surface area contributed by atoms with Gasteiger partial charge in [0.2, 0.25) is 0 Å². The number of aromatic nitrogens is 2. The van der Waals surface area contributed by atoms with E-state index in [9.17, 15) is 23.8 Å². The smallest absolute Gasteiger partial charge is 0.354 e. The molecular formula is C26H22F2N2O5. The Labute approximate surface area is 199 Å². The number of aromatic carboxylic acids is 1. The topological polar surface area (TPSA) is 93.8 Å². The van der Waals surface area contributed by atoms with E-state index < -0.39 is 23.4 Å². The molecule has 1 aliphatic heterocycles. The first-order valence-electron chi connectivity index (χ1n) is 11.1. The molecule has 1 saturated heterocycles. The van der Waals surface area contributed by atoms with E-state index in [-0.39, 0.29) is 28.4 Å². The Morgan fingerprint density at radius 1 is 1.11 bits per heavy atom. The van der Waals surface area contributed by atoms with Crippen molar-refractivity contribution in [3.05, 3.63) is 71.6 Å². The molecule has 0 amide bonds. The molecule has 0 unspecified atom stereocenters. The van der Waals surface area contributed by atoms with Gasteiger partial charge >= 0.3 is 5.97 Å². The number of fused-ring (bicyclic) bond motifs is 1. The van der Waals surface area contributed by atoms with Crippen LogP contribution in [-0.4, -0.2) is 46.1 Å². The molecule has 0 aliphatic carbocycles. The first-order chi connectivity index (χ1) is 16.9. The van der Waals surface area contributed by atoms with Crippen molar-refractivity contribution >= 4 is 16.9 Å². The number of methoxy groups -OCH3 is 1. The number of carboxylic acids is 1. The Hall–Kier alpha value is -3.98. The van der Waals surface area contributed by atoms with Crippen molar-refractivity contribution in [3.63, 3.8) is 0 Å². The lowest BCUT2D eigenvalue weighted by molar-refractivity contribution is 0.0690.